The van der Waals surface area contributed by atoms with Crippen molar-refractivity contribution in [1.82, 2.24) is 9.80 Å². The van der Waals surface area contributed by atoms with Gasteiger partial charge < -0.3 is 23.7 Å². The zero-order valence-corrected chi connectivity index (χ0v) is 16.4. The highest BCUT2D eigenvalue weighted by molar-refractivity contribution is 5.92. The standard InChI is InChI=1S/C21H20F2N2O6/c22-21(23)31-16-6-3-15(4-7-16)5-8-19(27)30-14-18(26)24-9-11-25(12-10-24)20(28)17-2-1-13-29-17/h1-8,13,21H,9-12,14H2/b8-5+. The Bertz CT molecular complexity index is 920. The molecule has 1 fully saturated rings. The van der Waals surface area contributed by atoms with Gasteiger partial charge in [0.25, 0.3) is 11.8 Å². The summed E-state index contributed by atoms with van der Waals surface area (Å²) in [6.07, 6.45) is 3.99. The Labute approximate surface area is 176 Å². The van der Waals surface area contributed by atoms with Crippen LogP contribution in [0.25, 0.3) is 6.08 Å². The molecular formula is C21H20F2N2O6. The molecule has 0 spiro atoms. The number of benzene rings is 1. The lowest BCUT2D eigenvalue weighted by Crippen LogP contribution is -2.51. The number of halogens is 2. The number of amides is 2. The van der Waals surface area contributed by atoms with Gasteiger partial charge >= 0.3 is 12.6 Å². The van der Waals surface area contributed by atoms with Crippen LogP contribution in [0.4, 0.5) is 8.78 Å². The molecule has 2 heterocycles. The van der Waals surface area contributed by atoms with Crippen LogP contribution in [0, 0.1) is 0 Å². The minimum Gasteiger partial charge on any atom is -0.459 e. The third-order valence-electron chi connectivity index (χ3n) is 4.51. The summed E-state index contributed by atoms with van der Waals surface area (Å²) in [5.41, 5.74) is 0.572. The molecular weight excluding hydrogens is 414 g/mol. The van der Waals surface area contributed by atoms with E-state index < -0.39 is 19.2 Å². The molecule has 0 aliphatic carbocycles. The van der Waals surface area contributed by atoms with Crippen molar-refractivity contribution in [3.8, 4) is 5.75 Å². The lowest BCUT2D eigenvalue weighted by molar-refractivity contribution is -0.148. The van der Waals surface area contributed by atoms with Gasteiger partial charge in [0.15, 0.2) is 12.4 Å². The lowest BCUT2D eigenvalue weighted by Gasteiger charge is -2.34. The van der Waals surface area contributed by atoms with E-state index >= 15 is 0 Å². The molecule has 1 aliphatic rings. The number of piperazine rings is 1. The number of ether oxygens (including phenoxy) is 2. The SMILES string of the molecule is O=C(/C=C/c1ccc(OC(F)F)cc1)OCC(=O)N1CCN(C(=O)c2ccco2)CC1. The second-order valence-corrected chi connectivity index (χ2v) is 6.54. The number of alkyl halides is 2. The highest BCUT2D eigenvalue weighted by atomic mass is 19.3. The van der Waals surface area contributed by atoms with Crippen LogP contribution in [-0.4, -0.2) is 67.0 Å². The summed E-state index contributed by atoms with van der Waals surface area (Å²) in [6, 6.07) is 8.89. The van der Waals surface area contributed by atoms with Crippen LogP contribution in [-0.2, 0) is 14.3 Å². The molecule has 1 aromatic heterocycles. The van der Waals surface area contributed by atoms with E-state index in [-0.39, 0.29) is 23.3 Å². The smallest absolute Gasteiger partial charge is 0.387 e. The average Bonchev–Trinajstić information content (AvgIpc) is 3.31. The largest absolute Gasteiger partial charge is 0.459 e. The molecule has 3 rings (SSSR count). The van der Waals surface area contributed by atoms with Crippen molar-refractivity contribution in [3.05, 3.63) is 60.1 Å². The first-order valence-corrected chi connectivity index (χ1v) is 9.42. The maximum atomic E-state index is 12.2. The molecule has 0 saturated carbocycles. The minimum atomic E-state index is -2.91. The number of carbonyl (C=O) groups is 3. The summed E-state index contributed by atoms with van der Waals surface area (Å²) in [6.45, 7) is -1.98. The first-order chi connectivity index (χ1) is 14.9. The maximum absolute atomic E-state index is 12.2. The molecule has 1 aromatic carbocycles. The second-order valence-electron chi connectivity index (χ2n) is 6.54. The molecule has 0 atom stereocenters. The first kappa shape index (κ1) is 22.0. The summed E-state index contributed by atoms with van der Waals surface area (Å²) >= 11 is 0. The number of nitrogens with zero attached hydrogens (tertiary/aromatic N) is 2. The van der Waals surface area contributed by atoms with Gasteiger partial charge in [0.2, 0.25) is 0 Å². The number of rotatable bonds is 7. The molecule has 31 heavy (non-hydrogen) atoms. The number of hydrogen-bond donors (Lipinski definition) is 0. The van der Waals surface area contributed by atoms with E-state index in [9.17, 15) is 23.2 Å². The van der Waals surface area contributed by atoms with Gasteiger partial charge in [-0.15, -0.1) is 0 Å². The fourth-order valence-electron chi connectivity index (χ4n) is 2.91. The van der Waals surface area contributed by atoms with Crippen molar-refractivity contribution in [2.75, 3.05) is 32.8 Å². The van der Waals surface area contributed by atoms with Gasteiger partial charge in [-0.3, -0.25) is 9.59 Å². The predicted octanol–water partition coefficient (Wildman–Crippen LogP) is 2.42. The third-order valence-corrected chi connectivity index (χ3v) is 4.51. The fourth-order valence-corrected chi connectivity index (χ4v) is 2.91. The van der Waals surface area contributed by atoms with Gasteiger partial charge in [-0.1, -0.05) is 12.1 Å². The number of hydrogen-bond acceptors (Lipinski definition) is 6. The summed E-state index contributed by atoms with van der Waals surface area (Å²) in [5, 5.41) is 0. The molecule has 2 aromatic rings. The van der Waals surface area contributed by atoms with Crippen molar-refractivity contribution >= 4 is 23.9 Å². The van der Waals surface area contributed by atoms with Crippen LogP contribution in [0.5, 0.6) is 5.75 Å². The number of carbonyl (C=O) groups excluding carboxylic acids is 3. The van der Waals surface area contributed by atoms with Crippen molar-refractivity contribution in [1.29, 1.82) is 0 Å². The molecule has 10 heteroatoms. The average molecular weight is 434 g/mol. The Hall–Kier alpha value is -3.69. The fraction of sp³-hybridized carbons (Fsp3) is 0.286. The Balaban J connectivity index is 1.40. The summed E-state index contributed by atoms with van der Waals surface area (Å²) in [4.78, 5) is 39.4. The molecule has 2 amide bonds. The van der Waals surface area contributed by atoms with Crippen molar-refractivity contribution in [3.63, 3.8) is 0 Å². The van der Waals surface area contributed by atoms with Crippen LogP contribution < -0.4 is 4.74 Å². The minimum absolute atomic E-state index is 0.00582. The van der Waals surface area contributed by atoms with Gasteiger partial charge in [-0.25, -0.2) is 4.79 Å². The monoisotopic (exact) mass is 434 g/mol. The molecule has 0 N–H and O–H groups in total. The summed E-state index contributed by atoms with van der Waals surface area (Å²) in [5.74, 6) is -1.06. The Morgan fingerprint density at radius 2 is 1.71 bits per heavy atom. The molecule has 0 unspecified atom stereocenters. The van der Waals surface area contributed by atoms with Gasteiger partial charge in [0.05, 0.1) is 6.26 Å². The Kier molecular flexibility index (Phi) is 7.36. The highest BCUT2D eigenvalue weighted by Gasteiger charge is 2.26. The van der Waals surface area contributed by atoms with E-state index in [4.69, 9.17) is 9.15 Å². The van der Waals surface area contributed by atoms with Crippen LogP contribution in [0.2, 0.25) is 0 Å². The Morgan fingerprint density at radius 3 is 2.32 bits per heavy atom. The van der Waals surface area contributed by atoms with Gasteiger partial charge in [0.1, 0.15) is 5.75 Å². The lowest BCUT2D eigenvalue weighted by atomic mass is 10.2. The number of esters is 1. The summed E-state index contributed by atoms with van der Waals surface area (Å²) < 4.78 is 38.5. The first-order valence-electron chi connectivity index (χ1n) is 9.42. The van der Waals surface area contributed by atoms with Crippen LogP contribution in [0.15, 0.2) is 53.2 Å². The van der Waals surface area contributed by atoms with Crippen LogP contribution in [0.3, 0.4) is 0 Å². The van der Waals surface area contributed by atoms with E-state index in [0.29, 0.717) is 31.7 Å². The van der Waals surface area contributed by atoms with Crippen LogP contribution in [0.1, 0.15) is 16.1 Å². The predicted molar refractivity (Wildman–Crippen MR) is 104 cm³/mol. The Morgan fingerprint density at radius 1 is 1.03 bits per heavy atom. The second kappa shape index (κ2) is 10.4. The molecule has 0 bridgehead atoms. The molecule has 0 radical (unpaired) electrons. The van der Waals surface area contributed by atoms with Crippen molar-refractivity contribution in [2.45, 2.75) is 6.61 Å². The van der Waals surface area contributed by atoms with Gasteiger partial charge in [0, 0.05) is 32.3 Å². The quantitative estimate of drug-likeness (QED) is 0.491. The van der Waals surface area contributed by atoms with E-state index in [1.165, 1.54) is 41.5 Å². The highest BCUT2D eigenvalue weighted by Crippen LogP contribution is 2.15. The van der Waals surface area contributed by atoms with Crippen molar-refractivity contribution < 1.29 is 37.1 Å². The molecule has 164 valence electrons. The molecule has 1 aliphatic heterocycles. The maximum Gasteiger partial charge on any atom is 0.387 e. The molecule has 1 saturated heterocycles. The summed E-state index contributed by atoms with van der Waals surface area (Å²) in [7, 11) is 0. The van der Waals surface area contributed by atoms with E-state index in [1.54, 1.807) is 17.0 Å². The number of furan rings is 1. The van der Waals surface area contributed by atoms with E-state index in [1.807, 2.05) is 0 Å². The van der Waals surface area contributed by atoms with E-state index in [2.05, 4.69) is 4.74 Å². The van der Waals surface area contributed by atoms with Gasteiger partial charge in [-0.05, 0) is 35.9 Å². The topological polar surface area (TPSA) is 89.3 Å². The van der Waals surface area contributed by atoms with Gasteiger partial charge in [-0.2, -0.15) is 8.78 Å². The van der Waals surface area contributed by atoms with E-state index in [0.717, 1.165) is 6.08 Å². The normalized spacial score (nSPS) is 14.2. The third kappa shape index (κ3) is 6.39. The van der Waals surface area contributed by atoms with Crippen LogP contribution >= 0.6 is 0 Å². The van der Waals surface area contributed by atoms with Crippen molar-refractivity contribution in [2.24, 2.45) is 0 Å². The zero-order valence-electron chi connectivity index (χ0n) is 16.4. The molecule has 8 nitrogen and oxygen atoms in total. The zero-order chi connectivity index (χ0) is 22.2.